The number of benzene rings is 1. The Morgan fingerprint density at radius 2 is 2.11 bits per heavy atom. The molecule has 1 aliphatic carbocycles. The minimum absolute atomic E-state index is 0.0430. The van der Waals surface area contributed by atoms with Gasteiger partial charge >= 0.3 is 5.97 Å². The van der Waals surface area contributed by atoms with Gasteiger partial charge in [0.2, 0.25) is 0 Å². The number of aliphatic carboxylic acids is 1. The highest BCUT2D eigenvalue weighted by molar-refractivity contribution is 6.32. The van der Waals surface area contributed by atoms with E-state index in [0.29, 0.717) is 10.9 Å². The zero-order chi connectivity index (χ0) is 14.2. The molecular formula is C15H19ClO3. The summed E-state index contributed by atoms with van der Waals surface area (Å²) in [6.07, 6.45) is 2.26. The number of rotatable bonds is 5. The van der Waals surface area contributed by atoms with Gasteiger partial charge in [-0.1, -0.05) is 17.7 Å². The highest BCUT2D eigenvalue weighted by atomic mass is 35.5. The van der Waals surface area contributed by atoms with Crippen LogP contribution < -0.4 is 4.74 Å². The molecule has 2 rings (SSSR count). The van der Waals surface area contributed by atoms with E-state index in [1.54, 1.807) is 7.11 Å². The van der Waals surface area contributed by atoms with Crippen LogP contribution in [0.2, 0.25) is 5.02 Å². The van der Waals surface area contributed by atoms with E-state index in [2.05, 4.69) is 0 Å². The molecule has 1 aliphatic rings. The zero-order valence-electron chi connectivity index (χ0n) is 11.5. The van der Waals surface area contributed by atoms with Crippen LogP contribution in [0, 0.1) is 19.8 Å². The molecule has 3 nitrogen and oxygen atoms in total. The molecule has 1 aromatic rings. The van der Waals surface area contributed by atoms with Crippen molar-refractivity contribution in [2.45, 2.75) is 39.0 Å². The van der Waals surface area contributed by atoms with E-state index in [4.69, 9.17) is 21.4 Å². The Balaban J connectivity index is 2.53. The fraction of sp³-hybridized carbons (Fsp3) is 0.533. The molecule has 0 saturated heterocycles. The topological polar surface area (TPSA) is 46.5 Å². The lowest BCUT2D eigenvalue weighted by atomic mass is 9.87. The van der Waals surface area contributed by atoms with E-state index in [-0.39, 0.29) is 12.3 Å². The highest BCUT2D eigenvalue weighted by Gasteiger charge is 2.37. The summed E-state index contributed by atoms with van der Waals surface area (Å²) in [5.74, 6) is 0.338. The predicted octanol–water partition coefficient (Wildman–Crippen LogP) is 3.93. The maximum Gasteiger partial charge on any atom is 0.303 e. The Morgan fingerprint density at radius 1 is 1.47 bits per heavy atom. The molecule has 0 aromatic heterocycles. The molecule has 0 spiro atoms. The maximum absolute atomic E-state index is 11.1. The van der Waals surface area contributed by atoms with Crippen LogP contribution in [-0.2, 0) is 4.79 Å². The van der Waals surface area contributed by atoms with Crippen molar-refractivity contribution in [2.75, 3.05) is 7.11 Å². The molecule has 1 fully saturated rings. The highest BCUT2D eigenvalue weighted by Crippen LogP contribution is 2.50. The van der Waals surface area contributed by atoms with Crippen LogP contribution in [0.25, 0.3) is 0 Å². The van der Waals surface area contributed by atoms with E-state index in [0.717, 1.165) is 35.3 Å². The monoisotopic (exact) mass is 282 g/mol. The Labute approximate surface area is 118 Å². The van der Waals surface area contributed by atoms with Crippen molar-refractivity contribution in [1.82, 2.24) is 0 Å². The molecule has 0 aliphatic heterocycles. The van der Waals surface area contributed by atoms with Crippen LogP contribution in [0.5, 0.6) is 5.75 Å². The standard InChI is InChI=1S/C15H19ClO3/c1-8-6-9(2)15(19-3)13(14(8)16)11(7-12(17)18)10-4-5-10/h6,10-11H,4-5,7H2,1-3H3,(H,17,18). The Morgan fingerprint density at radius 3 is 2.58 bits per heavy atom. The summed E-state index contributed by atoms with van der Waals surface area (Å²) in [5, 5.41) is 9.78. The van der Waals surface area contributed by atoms with Crippen molar-refractivity contribution in [3.05, 3.63) is 27.8 Å². The first-order valence-electron chi connectivity index (χ1n) is 6.51. The van der Waals surface area contributed by atoms with Crippen LogP contribution >= 0.6 is 11.6 Å². The Kier molecular flexibility index (Phi) is 4.04. The molecule has 1 aromatic carbocycles. The number of methoxy groups -OCH3 is 1. The quantitative estimate of drug-likeness (QED) is 0.890. The molecule has 1 saturated carbocycles. The summed E-state index contributed by atoms with van der Waals surface area (Å²) < 4.78 is 5.48. The molecule has 1 unspecified atom stereocenters. The van der Waals surface area contributed by atoms with Gasteiger partial charge < -0.3 is 9.84 Å². The Hall–Kier alpha value is -1.22. The summed E-state index contributed by atoms with van der Waals surface area (Å²) in [4.78, 5) is 11.1. The van der Waals surface area contributed by atoms with Gasteiger partial charge in [-0.2, -0.15) is 0 Å². The molecule has 0 radical (unpaired) electrons. The van der Waals surface area contributed by atoms with Crippen LogP contribution in [-0.4, -0.2) is 18.2 Å². The number of carboxylic acids is 1. The number of carbonyl (C=O) groups is 1. The normalized spacial score (nSPS) is 16.2. The SMILES string of the molecule is COc1c(C)cc(C)c(Cl)c1C(CC(=O)O)C1CC1. The van der Waals surface area contributed by atoms with E-state index in [9.17, 15) is 4.79 Å². The van der Waals surface area contributed by atoms with Crippen molar-refractivity contribution in [3.63, 3.8) is 0 Å². The van der Waals surface area contributed by atoms with Gasteiger partial charge in [-0.15, -0.1) is 0 Å². The second-order valence-corrected chi connectivity index (χ2v) is 5.69. The number of aryl methyl sites for hydroxylation is 2. The first-order valence-corrected chi connectivity index (χ1v) is 6.88. The van der Waals surface area contributed by atoms with Crippen molar-refractivity contribution in [2.24, 2.45) is 5.92 Å². The smallest absolute Gasteiger partial charge is 0.303 e. The largest absolute Gasteiger partial charge is 0.496 e. The molecule has 0 bridgehead atoms. The minimum atomic E-state index is -0.783. The summed E-state index contributed by atoms with van der Waals surface area (Å²) in [5.41, 5.74) is 2.87. The first kappa shape index (κ1) is 14.2. The van der Waals surface area contributed by atoms with Crippen molar-refractivity contribution < 1.29 is 14.6 Å². The molecule has 104 valence electrons. The van der Waals surface area contributed by atoms with Gasteiger partial charge in [-0.05, 0) is 43.7 Å². The summed E-state index contributed by atoms with van der Waals surface area (Å²) in [6.45, 7) is 3.92. The third kappa shape index (κ3) is 2.86. The molecule has 1 N–H and O–H groups in total. The molecule has 0 amide bonds. The zero-order valence-corrected chi connectivity index (χ0v) is 12.3. The van der Waals surface area contributed by atoms with Crippen molar-refractivity contribution >= 4 is 17.6 Å². The number of hydrogen-bond donors (Lipinski definition) is 1. The van der Waals surface area contributed by atoms with Gasteiger partial charge in [0.25, 0.3) is 0 Å². The molecule has 1 atom stereocenters. The van der Waals surface area contributed by atoms with Gasteiger partial charge in [-0.25, -0.2) is 0 Å². The van der Waals surface area contributed by atoms with Crippen LogP contribution in [0.1, 0.15) is 41.9 Å². The van der Waals surface area contributed by atoms with E-state index < -0.39 is 5.97 Å². The summed E-state index contributed by atoms with van der Waals surface area (Å²) in [7, 11) is 1.61. The lowest BCUT2D eigenvalue weighted by Crippen LogP contribution is -2.11. The second kappa shape index (κ2) is 5.41. The van der Waals surface area contributed by atoms with Gasteiger partial charge in [0.1, 0.15) is 5.75 Å². The predicted molar refractivity (Wildman–Crippen MR) is 75.2 cm³/mol. The number of ether oxygens (including phenoxy) is 1. The lowest BCUT2D eigenvalue weighted by molar-refractivity contribution is -0.137. The molecular weight excluding hydrogens is 264 g/mol. The van der Waals surface area contributed by atoms with Gasteiger partial charge in [0.05, 0.1) is 18.6 Å². The van der Waals surface area contributed by atoms with Gasteiger partial charge in [-0.3, -0.25) is 4.79 Å². The second-order valence-electron chi connectivity index (χ2n) is 5.31. The van der Waals surface area contributed by atoms with E-state index >= 15 is 0 Å². The molecule has 4 heteroatoms. The average molecular weight is 283 g/mol. The van der Waals surface area contributed by atoms with Crippen LogP contribution in [0.15, 0.2) is 6.07 Å². The molecule has 0 heterocycles. The summed E-state index contributed by atoms with van der Waals surface area (Å²) >= 11 is 6.43. The minimum Gasteiger partial charge on any atom is -0.496 e. The Bertz CT molecular complexity index is 507. The fourth-order valence-corrected chi connectivity index (χ4v) is 3.05. The van der Waals surface area contributed by atoms with Crippen molar-refractivity contribution in [3.8, 4) is 5.75 Å². The van der Waals surface area contributed by atoms with Crippen molar-refractivity contribution in [1.29, 1.82) is 0 Å². The van der Waals surface area contributed by atoms with Gasteiger partial charge in [0.15, 0.2) is 0 Å². The third-order valence-electron chi connectivity index (χ3n) is 3.78. The van der Waals surface area contributed by atoms with E-state index in [1.807, 2.05) is 19.9 Å². The van der Waals surface area contributed by atoms with Crippen LogP contribution in [0.4, 0.5) is 0 Å². The number of carboxylic acid groups (broad SMARTS) is 1. The van der Waals surface area contributed by atoms with Gasteiger partial charge in [0, 0.05) is 11.5 Å². The molecule has 19 heavy (non-hydrogen) atoms. The first-order chi connectivity index (χ1) is 8.95. The summed E-state index contributed by atoms with van der Waals surface area (Å²) in [6, 6.07) is 1.98. The number of hydrogen-bond acceptors (Lipinski definition) is 2. The number of halogens is 1. The maximum atomic E-state index is 11.1. The van der Waals surface area contributed by atoms with E-state index in [1.165, 1.54) is 0 Å². The fourth-order valence-electron chi connectivity index (χ4n) is 2.77. The average Bonchev–Trinajstić information content (AvgIpc) is 3.14. The lowest BCUT2D eigenvalue weighted by Gasteiger charge is -2.22. The third-order valence-corrected chi connectivity index (χ3v) is 4.28. The van der Waals surface area contributed by atoms with Crippen LogP contribution in [0.3, 0.4) is 0 Å².